The van der Waals surface area contributed by atoms with Gasteiger partial charge in [-0.25, -0.2) is 0 Å². The molecule has 0 heterocycles. The average Bonchev–Trinajstić information content (AvgIpc) is 2.05. The molecular weight excluding hydrogens is 164 g/mol. The summed E-state index contributed by atoms with van der Waals surface area (Å²) < 4.78 is 5.24. The van der Waals surface area contributed by atoms with Gasteiger partial charge in [-0.1, -0.05) is 19.1 Å². The second-order valence-electron chi connectivity index (χ2n) is 4.06. The minimum atomic E-state index is -0.168. The van der Waals surface area contributed by atoms with Crippen LogP contribution in [0, 0.1) is 5.92 Å². The van der Waals surface area contributed by atoms with E-state index in [1.54, 1.807) is 7.11 Å². The molecule has 0 aliphatic heterocycles. The van der Waals surface area contributed by atoms with Gasteiger partial charge in [0.15, 0.2) is 0 Å². The molecule has 13 heavy (non-hydrogen) atoms. The van der Waals surface area contributed by atoms with Crippen LogP contribution >= 0.6 is 0 Å². The van der Waals surface area contributed by atoms with E-state index < -0.39 is 0 Å². The number of aliphatic hydroxyl groups is 1. The molecule has 0 rings (SSSR count). The fraction of sp³-hybridized carbons (Fsp3) is 0.818. The second-order valence-corrected chi connectivity index (χ2v) is 4.06. The van der Waals surface area contributed by atoms with Crippen LogP contribution in [-0.2, 0) is 4.74 Å². The van der Waals surface area contributed by atoms with E-state index in [9.17, 15) is 0 Å². The third kappa shape index (κ3) is 6.79. The van der Waals surface area contributed by atoms with Crippen LogP contribution in [0.2, 0.25) is 0 Å². The summed E-state index contributed by atoms with van der Waals surface area (Å²) in [6.07, 6.45) is 6.08. The summed E-state index contributed by atoms with van der Waals surface area (Å²) in [5.74, 6) is 0.550. The summed E-state index contributed by atoms with van der Waals surface area (Å²) in [6.45, 7) is 6.48. The second kappa shape index (κ2) is 6.17. The first-order valence-electron chi connectivity index (χ1n) is 4.85. The van der Waals surface area contributed by atoms with Crippen LogP contribution in [0.15, 0.2) is 12.2 Å². The Bertz CT molecular complexity index is 150. The number of allylic oxidation sites excluding steroid dienone is 1. The smallest absolute Gasteiger partial charge is 0.0802 e. The lowest BCUT2D eigenvalue weighted by Gasteiger charge is -2.18. The van der Waals surface area contributed by atoms with E-state index in [-0.39, 0.29) is 12.2 Å². The SMILES string of the molecule is COC(C)(C)C=CCC(C)CCO. The maximum atomic E-state index is 8.69. The van der Waals surface area contributed by atoms with Gasteiger partial charge in [0.1, 0.15) is 0 Å². The van der Waals surface area contributed by atoms with Gasteiger partial charge >= 0.3 is 0 Å². The maximum absolute atomic E-state index is 8.69. The highest BCUT2D eigenvalue weighted by molar-refractivity contribution is 4.96. The molecule has 1 atom stereocenters. The predicted molar refractivity (Wildman–Crippen MR) is 55.7 cm³/mol. The van der Waals surface area contributed by atoms with Gasteiger partial charge < -0.3 is 9.84 Å². The zero-order valence-corrected chi connectivity index (χ0v) is 9.21. The molecule has 0 amide bonds. The summed E-state index contributed by atoms with van der Waals surface area (Å²) >= 11 is 0. The molecule has 2 heteroatoms. The quantitative estimate of drug-likeness (QED) is 0.645. The Hall–Kier alpha value is -0.340. The Kier molecular flexibility index (Phi) is 6.00. The molecule has 1 unspecified atom stereocenters. The molecule has 0 saturated heterocycles. The van der Waals surface area contributed by atoms with Gasteiger partial charge in [0.05, 0.1) is 5.60 Å². The van der Waals surface area contributed by atoms with Crippen molar-refractivity contribution in [1.82, 2.24) is 0 Å². The zero-order chi connectivity index (χ0) is 10.3. The number of hydrogen-bond donors (Lipinski definition) is 1. The molecule has 0 aromatic heterocycles. The Balaban J connectivity index is 3.73. The van der Waals surface area contributed by atoms with E-state index in [0.717, 1.165) is 12.8 Å². The molecular formula is C11H22O2. The van der Waals surface area contributed by atoms with Crippen molar-refractivity contribution in [2.75, 3.05) is 13.7 Å². The Morgan fingerprint density at radius 2 is 2.08 bits per heavy atom. The number of aliphatic hydroxyl groups excluding tert-OH is 1. The monoisotopic (exact) mass is 186 g/mol. The Labute approximate surface area is 81.6 Å². The van der Waals surface area contributed by atoms with Gasteiger partial charge in [-0.3, -0.25) is 0 Å². The molecule has 1 N–H and O–H groups in total. The van der Waals surface area contributed by atoms with Crippen LogP contribution in [0.4, 0.5) is 0 Å². The lowest BCUT2D eigenvalue weighted by Crippen LogP contribution is -2.18. The number of hydrogen-bond acceptors (Lipinski definition) is 2. The fourth-order valence-corrected chi connectivity index (χ4v) is 0.990. The van der Waals surface area contributed by atoms with Gasteiger partial charge in [0, 0.05) is 13.7 Å². The number of methoxy groups -OCH3 is 1. The summed E-state index contributed by atoms with van der Waals surface area (Å²) in [5, 5.41) is 8.69. The normalized spacial score (nSPS) is 15.2. The molecule has 2 nitrogen and oxygen atoms in total. The van der Waals surface area contributed by atoms with E-state index in [1.165, 1.54) is 0 Å². The third-order valence-corrected chi connectivity index (χ3v) is 2.21. The van der Waals surface area contributed by atoms with Crippen molar-refractivity contribution >= 4 is 0 Å². The van der Waals surface area contributed by atoms with Crippen LogP contribution < -0.4 is 0 Å². The lowest BCUT2D eigenvalue weighted by atomic mass is 10.0. The van der Waals surface area contributed by atoms with E-state index >= 15 is 0 Å². The topological polar surface area (TPSA) is 29.5 Å². The van der Waals surface area contributed by atoms with Gasteiger partial charge in [0.2, 0.25) is 0 Å². The van der Waals surface area contributed by atoms with E-state index in [4.69, 9.17) is 9.84 Å². The highest BCUT2D eigenvalue weighted by atomic mass is 16.5. The molecule has 0 bridgehead atoms. The maximum Gasteiger partial charge on any atom is 0.0802 e. The summed E-state index contributed by atoms with van der Waals surface area (Å²) in [5.41, 5.74) is -0.168. The fourth-order valence-electron chi connectivity index (χ4n) is 0.990. The first-order chi connectivity index (χ1) is 6.02. The molecule has 0 radical (unpaired) electrons. The van der Waals surface area contributed by atoms with Gasteiger partial charge in [0.25, 0.3) is 0 Å². The van der Waals surface area contributed by atoms with Gasteiger partial charge in [-0.15, -0.1) is 0 Å². The van der Waals surface area contributed by atoms with Crippen molar-refractivity contribution in [3.8, 4) is 0 Å². The summed E-state index contributed by atoms with van der Waals surface area (Å²) in [4.78, 5) is 0. The van der Waals surface area contributed by atoms with Gasteiger partial charge in [-0.2, -0.15) is 0 Å². The first kappa shape index (κ1) is 12.7. The predicted octanol–water partition coefficient (Wildman–Crippen LogP) is 2.38. The first-order valence-corrected chi connectivity index (χ1v) is 4.85. The van der Waals surface area contributed by atoms with Crippen molar-refractivity contribution in [1.29, 1.82) is 0 Å². The van der Waals surface area contributed by atoms with E-state index in [1.807, 2.05) is 13.8 Å². The highest BCUT2D eigenvalue weighted by Crippen LogP contribution is 2.12. The molecule has 0 saturated carbocycles. The molecule has 0 aromatic rings. The Morgan fingerprint density at radius 3 is 2.54 bits per heavy atom. The van der Waals surface area contributed by atoms with Gasteiger partial charge in [-0.05, 0) is 32.6 Å². The molecule has 0 aliphatic rings. The largest absolute Gasteiger partial charge is 0.396 e. The Morgan fingerprint density at radius 1 is 1.46 bits per heavy atom. The van der Waals surface area contributed by atoms with Crippen LogP contribution in [0.3, 0.4) is 0 Å². The summed E-state index contributed by atoms with van der Waals surface area (Å²) in [6, 6.07) is 0. The van der Waals surface area contributed by atoms with Crippen molar-refractivity contribution in [2.24, 2.45) is 5.92 Å². The van der Waals surface area contributed by atoms with Crippen LogP contribution in [0.1, 0.15) is 33.6 Å². The zero-order valence-electron chi connectivity index (χ0n) is 9.21. The lowest BCUT2D eigenvalue weighted by molar-refractivity contribution is 0.0653. The van der Waals surface area contributed by atoms with Crippen LogP contribution in [0.5, 0.6) is 0 Å². The third-order valence-electron chi connectivity index (χ3n) is 2.21. The van der Waals surface area contributed by atoms with Crippen molar-refractivity contribution in [2.45, 2.75) is 39.2 Å². The standard InChI is InChI=1S/C11H22O2/c1-10(7-9-12)6-5-8-11(2,3)13-4/h5,8,10,12H,6-7,9H2,1-4H3. The summed E-state index contributed by atoms with van der Waals surface area (Å²) in [7, 11) is 1.71. The van der Waals surface area contributed by atoms with Crippen LogP contribution in [-0.4, -0.2) is 24.4 Å². The molecule has 0 aliphatic carbocycles. The van der Waals surface area contributed by atoms with E-state index in [2.05, 4.69) is 19.1 Å². The highest BCUT2D eigenvalue weighted by Gasteiger charge is 2.10. The molecule has 0 spiro atoms. The molecule has 0 aromatic carbocycles. The molecule has 0 fully saturated rings. The number of rotatable bonds is 6. The molecule has 78 valence electrons. The van der Waals surface area contributed by atoms with Crippen molar-refractivity contribution in [3.05, 3.63) is 12.2 Å². The average molecular weight is 186 g/mol. The number of ether oxygens (including phenoxy) is 1. The minimum Gasteiger partial charge on any atom is -0.396 e. The van der Waals surface area contributed by atoms with Crippen molar-refractivity contribution in [3.63, 3.8) is 0 Å². The minimum absolute atomic E-state index is 0.168. The van der Waals surface area contributed by atoms with Crippen LogP contribution in [0.25, 0.3) is 0 Å². The van der Waals surface area contributed by atoms with Crippen molar-refractivity contribution < 1.29 is 9.84 Å². The van der Waals surface area contributed by atoms with E-state index in [0.29, 0.717) is 5.92 Å².